The van der Waals surface area contributed by atoms with E-state index in [1.165, 1.54) is 5.56 Å². The normalized spacial score (nSPS) is 11.0. The van der Waals surface area contributed by atoms with Crippen molar-refractivity contribution >= 4 is 29.9 Å². The lowest BCUT2D eigenvalue weighted by molar-refractivity contribution is 0.336. The Morgan fingerprint density at radius 1 is 1.27 bits per heavy atom. The number of benzene rings is 1. The summed E-state index contributed by atoms with van der Waals surface area (Å²) < 4.78 is 7.77. The van der Waals surface area contributed by atoms with Crippen LogP contribution in [0.3, 0.4) is 0 Å². The van der Waals surface area contributed by atoms with E-state index in [1.807, 2.05) is 11.5 Å². The van der Waals surface area contributed by atoms with Crippen molar-refractivity contribution in [2.24, 2.45) is 4.99 Å². The summed E-state index contributed by atoms with van der Waals surface area (Å²) in [5.41, 5.74) is 2.30. The summed E-state index contributed by atoms with van der Waals surface area (Å²) in [4.78, 5) is 4.27. The molecule has 1 aromatic heterocycles. The molecule has 1 aromatic carbocycles. The first-order valence-corrected chi connectivity index (χ1v) is 8.71. The Morgan fingerprint density at radius 2 is 2.08 bits per heavy atom. The van der Waals surface area contributed by atoms with E-state index < -0.39 is 0 Å². The molecular weight excluding hydrogens is 443 g/mol. The fraction of sp³-hybridized carbons (Fsp3) is 0.500. The summed E-state index contributed by atoms with van der Waals surface area (Å²) in [6, 6.07) is 6.24. The first-order valence-electron chi connectivity index (χ1n) is 8.71. The van der Waals surface area contributed by atoms with Gasteiger partial charge in [0.2, 0.25) is 0 Å². The third-order valence-electron chi connectivity index (χ3n) is 3.85. The van der Waals surface area contributed by atoms with Crippen molar-refractivity contribution in [2.75, 3.05) is 20.2 Å². The van der Waals surface area contributed by atoms with Crippen molar-refractivity contribution in [3.63, 3.8) is 0 Å². The molecular formula is C18H29IN6O. The van der Waals surface area contributed by atoms with Crippen LogP contribution in [0.4, 0.5) is 0 Å². The van der Waals surface area contributed by atoms with Gasteiger partial charge >= 0.3 is 0 Å². The lowest BCUT2D eigenvalue weighted by Crippen LogP contribution is -2.38. The van der Waals surface area contributed by atoms with E-state index >= 15 is 0 Å². The zero-order valence-electron chi connectivity index (χ0n) is 16.0. The largest absolute Gasteiger partial charge is 0.494 e. The molecule has 0 aliphatic rings. The van der Waals surface area contributed by atoms with Crippen LogP contribution in [0.1, 0.15) is 30.8 Å². The number of ether oxygens (including phenoxy) is 1. The van der Waals surface area contributed by atoms with Gasteiger partial charge in [0.15, 0.2) is 5.96 Å². The minimum atomic E-state index is 0. The highest BCUT2D eigenvalue weighted by atomic mass is 127. The number of halogens is 1. The summed E-state index contributed by atoms with van der Waals surface area (Å²) in [7, 11) is 1.77. The van der Waals surface area contributed by atoms with Crippen LogP contribution < -0.4 is 15.4 Å². The van der Waals surface area contributed by atoms with E-state index in [9.17, 15) is 0 Å². The Bertz CT molecular complexity index is 701. The standard InChI is InChI=1S/C18H28N6O.HI/c1-5-17-23-22-13-24(17)10-9-20-18(19-4)21-12-15-8-7-14(3)11-16(15)25-6-2;/h7-8,11,13H,5-6,9-10,12H2,1-4H3,(H2,19,20,21);1H. The Labute approximate surface area is 172 Å². The van der Waals surface area contributed by atoms with Gasteiger partial charge in [-0.1, -0.05) is 19.1 Å². The van der Waals surface area contributed by atoms with Crippen molar-refractivity contribution in [2.45, 2.75) is 40.3 Å². The van der Waals surface area contributed by atoms with Gasteiger partial charge in [0.05, 0.1) is 6.61 Å². The highest BCUT2D eigenvalue weighted by Gasteiger charge is 2.06. The fourth-order valence-electron chi connectivity index (χ4n) is 2.53. The molecule has 2 aromatic rings. The number of nitrogens with zero attached hydrogens (tertiary/aromatic N) is 4. The molecule has 0 saturated heterocycles. The van der Waals surface area contributed by atoms with Crippen LogP contribution in [0.2, 0.25) is 0 Å². The van der Waals surface area contributed by atoms with Gasteiger partial charge in [-0.25, -0.2) is 0 Å². The maximum Gasteiger partial charge on any atom is 0.191 e. The molecule has 2 N–H and O–H groups in total. The summed E-state index contributed by atoms with van der Waals surface area (Å²) in [5, 5.41) is 14.7. The molecule has 0 aliphatic carbocycles. The highest BCUT2D eigenvalue weighted by molar-refractivity contribution is 14.0. The van der Waals surface area contributed by atoms with Crippen LogP contribution in [0.25, 0.3) is 0 Å². The predicted molar refractivity (Wildman–Crippen MR) is 115 cm³/mol. The van der Waals surface area contributed by atoms with Gasteiger partial charge in [-0.3, -0.25) is 4.99 Å². The monoisotopic (exact) mass is 472 g/mol. The van der Waals surface area contributed by atoms with E-state index in [2.05, 4.69) is 57.9 Å². The van der Waals surface area contributed by atoms with Crippen molar-refractivity contribution in [1.82, 2.24) is 25.4 Å². The first kappa shape index (κ1) is 22.2. The zero-order chi connectivity index (χ0) is 18.1. The molecule has 0 aliphatic heterocycles. The molecule has 144 valence electrons. The summed E-state index contributed by atoms with van der Waals surface area (Å²) in [5.74, 6) is 2.67. The fourth-order valence-corrected chi connectivity index (χ4v) is 2.53. The van der Waals surface area contributed by atoms with E-state index in [1.54, 1.807) is 13.4 Å². The molecule has 0 fully saturated rings. The first-order chi connectivity index (χ1) is 12.2. The molecule has 0 unspecified atom stereocenters. The van der Waals surface area contributed by atoms with Crippen LogP contribution in [0.15, 0.2) is 29.5 Å². The zero-order valence-corrected chi connectivity index (χ0v) is 18.3. The molecule has 26 heavy (non-hydrogen) atoms. The van der Waals surface area contributed by atoms with E-state index in [0.29, 0.717) is 13.2 Å². The second kappa shape index (κ2) is 11.7. The molecule has 0 spiro atoms. The van der Waals surface area contributed by atoms with Crippen LogP contribution in [-0.4, -0.2) is 40.9 Å². The number of hydrogen-bond acceptors (Lipinski definition) is 4. The molecule has 0 bridgehead atoms. The van der Waals surface area contributed by atoms with Crippen LogP contribution in [0, 0.1) is 6.92 Å². The van der Waals surface area contributed by atoms with Crippen molar-refractivity contribution in [3.8, 4) is 5.75 Å². The number of guanidine groups is 1. The van der Waals surface area contributed by atoms with Crippen LogP contribution in [-0.2, 0) is 19.5 Å². The molecule has 8 heteroatoms. The van der Waals surface area contributed by atoms with Crippen LogP contribution in [0.5, 0.6) is 5.75 Å². The van der Waals surface area contributed by atoms with Gasteiger partial charge in [-0.2, -0.15) is 0 Å². The summed E-state index contributed by atoms with van der Waals surface area (Å²) in [6.45, 7) is 8.99. The van der Waals surface area contributed by atoms with E-state index in [0.717, 1.165) is 42.6 Å². The minimum absolute atomic E-state index is 0. The molecule has 7 nitrogen and oxygen atoms in total. The van der Waals surface area contributed by atoms with Gasteiger partial charge in [0.1, 0.15) is 17.9 Å². The number of rotatable bonds is 8. The summed E-state index contributed by atoms with van der Waals surface area (Å²) in [6.07, 6.45) is 2.64. The second-order valence-electron chi connectivity index (χ2n) is 5.69. The van der Waals surface area contributed by atoms with E-state index in [4.69, 9.17) is 4.74 Å². The minimum Gasteiger partial charge on any atom is -0.494 e. The van der Waals surface area contributed by atoms with Crippen molar-refractivity contribution in [3.05, 3.63) is 41.5 Å². The number of hydrogen-bond donors (Lipinski definition) is 2. The molecule has 0 amide bonds. The average Bonchev–Trinajstić information content (AvgIpc) is 3.07. The Kier molecular flexibility index (Phi) is 10.0. The summed E-state index contributed by atoms with van der Waals surface area (Å²) >= 11 is 0. The maximum absolute atomic E-state index is 5.72. The van der Waals surface area contributed by atoms with Crippen molar-refractivity contribution < 1.29 is 4.74 Å². The second-order valence-corrected chi connectivity index (χ2v) is 5.69. The Balaban J connectivity index is 0.00000338. The smallest absolute Gasteiger partial charge is 0.191 e. The number of nitrogens with one attached hydrogen (secondary N) is 2. The Morgan fingerprint density at radius 3 is 2.77 bits per heavy atom. The number of aromatic nitrogens is 3. The Hall–Kier alpha value is -1.84. The quantitative estimate of drug-likeness (QED) is 0.351. The van der Waals surface area contributed by atoms with Gasteiger partial charge in [-0.05, 0) is 25.5 Å². The number of aliphatic imine (C=N–C) groups is 1. The maximum atomic E-state index is 5.72. The topological polar surface area (TPSA) is 76.4 Å². The van der Waals surface area contributed by atoms with Gasteiger partial charge in [0, 0.05) is 38.7 Å². The van der Waals surface area contributed by atoms with Crippen LogP contribution >= 0.6 is 24.0 Å². The molecule has 2 rings (SSSR count). The molecule has 1 heterocycles. The average molecular weight is 472 g/mol. The predicted octanol–water partition coefficient (Wildman–Crippen LogP) is 2.53. The van der Waals surface area contributed by atoms with Gasteiger partial charge in [0.25, 0.3) is 0 Å². The third-order valence-corrected chi connectivity index (χ3v) is 3.85. The van der Waals surface area contributed by atoms with Gasteiger partial charge in [-0.15, -0.1) is 34.2 Å². The highest BCUT2D eigenvalue weighted by Crippen LogP contribution is 2.20. The lowest BCUT2D eigenvalue weighted by atomic mass is 10.1. The molecule has 0 saturated carbocycles. The third kappa shape index (κ3) is 6.47. The van der Waals surface area contributed by atoms with E-state index in [-0.39, 0.29) is 24.0 Å². The SMILES string of the molecule is CCOc1cc(C)ccc1CNC(=NC)NCCn1cnnc1CC.I. The molecule has 0 atom stereocenters. The molecule has 0 radical (unpaired) electrons. The lowest BCUT2D eigenvalue weighted by Gasteiger charge is -2.15. The number of aryl methyl sites for hydroxylation is 2. The van der Waals surface area contributed by atoms with Gasteiger partial charge < -0.3 is 19.9 Å². The van der Waals surface area contributed by atoms with Crippen molar-refractivity contribution in [1.29, 1.82) is 0 Å².